The molecule has 15 heteroatoms. The zero-order valence-corrected chi connectivity index (χ0v) is 34.0. The molecule has 0 saturated heterocycles. The summed E-state index contributed by atoms with van der Waals surface area (Å²) < 4.78 is 16.9. The molecular weight excluding hydrogens is 747 g/mol. The van der Waals surface area contributed by atoms with Gasteiger partial charge >= 0.3 is 0 Å². The number of aromatic nitrogens is 2. The quantitative estimate of drug-likeness (QED) is 0.0404. The fourth-order valence-electron chi connectivity index (χ4n) is 7.40. The monoisotopic (exact) mass is 805 g/mol. The number of amides is 3. The lowest BCUT2D eigenvalue weighted by molar-refractivity contribution is -0.135. The first kappa shape index (κ1) is 43.8. The first-order valence-electron chi connectivity index (χ1n) is 20.4. The van der Waals surface area contributed by atoms with E-state index in [9.17, 15) is 19.2 Å². The minimum atomic E-state index is -0.493. The van der Waals surface area contributed by atoms with E-state index in [-0.39, 0.29) is 30.5 Å². The van der Waals surface area contributed by atoms with Gasteiger partial charge in [0.2, 0.25) is 11.8 Å². The summed E-state index contributed by atoms with van der Waals surface area (Å²) in [6, 6.07) is 11.3. The van der Waals surface area contributed by atoms with Crippen LogP contribution in [0.25, 0.3) is 0 Å². The van der Waals surface area contributed by atoms with Crippen LogP contribution in [0.4, 0.5) is 16.6 Å². The summed E-state index contributed by atoms with van der Waals surface area (Å²) in [4.78, 5) is 60.6. The number of thiazole rings is 1. The molecule has 0 radical (unpaired) electrons. The SMILES string of the molecule is CC(CCC=O)N1Cc2c(NC(=O)CCCCCNCCOCCOCCOCNC(=O)C3(Cc4cccc(Nc5nccs5)n4)CCCCC3)cccc2C1=O. The van der Waals surface area contributed by atoms with Crippen LogP contribution in [-0.4, -0.2) is 97.8 Å². The molecule has 1 saturated carbocycles. The Morgan fingerprint density at radius 3 is 2.54 bits per heavy atom. The first-order valence-corrected chi connectivity index (χ1v) is 21.3. The predicted octanol–water partition coefficient (Wildman–Crippen LogP) is 6.01. The number of pyridine rings is 1. The lowest BCUT2D eigenvalue weighted by Gasteiger charge is -2.35. The molecule has 1 unspecified atom stereocenters. The van der Waals surface area contributed by atoms with E-state index in [1.165, 1.54) is 11.3 Å². The van der Waals surface area contributed by atoms with Gasteiger partial charge in [0.25, 0.3) is 5.91 Å². The van der Waals surface area contributed by atoms with E-state index < -0.39 is 5.41 Å². The van der Waals surface area contributed by atoms with Crippen molar-refractivity contribution in [2.75, 3.05) is 63.5 Å². The summed E-state index contributed by atoms with van der Waals surface area (Å²) in [5, 5.41) is 15.3. The summed E-state index contributed by atoms with van der Waals surface area (Å²) in [5.41, 5.74) is 2.54. The molecule has 4 N–H and O–H groups in total. The van der Waals surface area contributed by atoms with Crippen molar-refractivity contribution in [1.82, 2.24) is 25.5 Å². The van der Waals surface area contributed by atoms with Gasteiger partial charge in [0.15, 0.2) is 5.13 Å². The fourth-order valence-corrected chi connectivity index (χ4v) is 7.94. The molecule has 3 aromatic rings. The Kier molecular flexibility index (Phi) is 18.3. The predicted molar refractivity (Wildman–Crippen MR) is 220 cm³/mol. The Balaban J connectivity index is 0.838. The lowest BCUT2D eigenvalue weighted by Crippen LogP contribution is -2.44. The molecule has 1 aliphatic heterocycles. The molecule has 310 valence electrons. The maximum absolute atomic E-state index is 13.4. The number of fused-ring (bicyclic) bond motifs is 1. The molecule has 1 aromatic carbocycles. The summed E-state index contributed by atoms with van der Waals surface area (Å²) in [6.45, 7) is 6.43. The third-order valence-electron chi connectivity index (χ3n) is 10.5. The van der Waals surface area contributed by atoms with Gasteiger partial charge in [-0.3, -0.25) is 14.4 Å². The van der Waals surface area contributed by atoms with E-state index in [4.69, 9.17) is 19.2 Å². The topological polar surface area (TPSA) is 173 Å². The largest absolute Gasteiger partial charge is 0.378 e. The minimum absolute atomic E-state index is 0.0200. The maximum Gasteiger partial charge on any atom is 0.254 e. The van der Waals surface area contributed by atoms with Crippen molar-refractivity contribution in [3.8, 4) is 0 Å². The number of aldehydes is 1. The van der Waals surface area contributed by atoms with Crippen molar-refractivity contribution in [2.24, 2.45) is 5.41 Å². The highest BCUT2D eigenvalue weighted by molar-refractivity contribution is 7.13. The van der Waals surface area contributed by atoms with E-state index in [1.54, 1.807) is 23.2 Å². The smallest absolute Gasteiger partial charge is 0.254 e. The van der Waals surface area contributed by atoms with Crippen LogP contribution < -0.4 is 21.3 Å². The van der Waals surface area contributed by atoms with Gasteiger partial charge in [-0.25, -0.2) is 9.97 Å². The van der Waals surface area contributed by atoms with Gasteiger partial charge in [-0.1, -0.05) is 37.8 Å². The van der Waals surface area contributed by atoms with Crippen LogP contribution in [0.5, 0.6) is 0 Å². The number of hydrogen-bond donors (Lipinski definition) is 4. The Bertz CT molecular complexity index is 1700. The van der Waals surface area contributed by atoms with Crippen LogP contribution >= 0.6 is 11.3 Å². The Morgan fingerprint density at radius 1 is 0.965 bits per heavy atom. The molecule has 3 heterocycles. The second-order valence-electron chi connectivity index (χ2n) is 14.7. The molecule has 2 aromatic heterocycles. The molecule has 2 aliphatic rings. The van der Waals surface area contributed by atoms with Gasteiger partial charge in [0.05, 0.1) is 38.4 Å². The van der Waals surface area contributed by atoms with E-state index >= 15 is 0 Å². The lowest BCUT2D eigenvalue weighted by atomic mass is 9.70. The number of nitrogens with one attached hydrogen (secondary N) is 4. The maximum atomic E-state index is 13.4. The molecule has 1 fully saturated rings. The zero-order chi connectivity index (χ0) is 40.1. The van der Waals surface area contributed by atoms with Crippen LogP contribution in [0.15, 0.2) is 48.0 Å². The Morgan fingerprint density at radius 2 is 1.75 bits per heavy atom. The van der Waals surface area contributed by atoms with Crippen LogP contribution in [-0.2, 0) is 41.6 Å². The number of benzene rings is 1. The summed E-state index contributed by atoms with van der Waals surface area (Å²) in [5.74, 6) is 0.640. The number of nitrogens with zero attached hydrogens (tertiary/aromatic N) is 3. The highest BCUT2D eigenvalue weighted by Crippen LogP contribution is 2.39. The highest BCUT2D eigenvalue weighted by Gasteiger charge is 2.40. The third kappa shape index (κ3) is 14.0. The van der Waals surface area contributed by atoms with Crippen molar-refractivity contribution >= 4 is 52.0 Å². The van der Waals surface area contributed by atoms with E-state index in [2.05, 4.69) is 26.3 Å². The van der Waals surface area contributed by atoms with Gasteiger partial charge in [-0.2, -0.15) is 0 Å². The standard InChI is InChI=1S/C42H59N7O7S/c1-32(11-10-22-50)49-30-35-34(39(49)52)13-9-14-36(35)47-38(51)16-4-2-7-19-43-20-23-54-24-25-55-26-27-56-31-45-40(53)42(17-5-3-6-18-42)29-33-12-8-15-37(46-33)48-41-44-21-28-57-41/h8-9,12-15,21-22,28,32,43H,2-7,10-11,16-20,23-27,29-31H2,1H3,(H,45,53)(H,47,51)(H,44,46,48). The Hall–Kier alpha value is -4.28. The van der Waals surface area contributed by atoms with Crippen LogP contribution in [0, 0.1) is 5.41 Å². The number of hydrogen-bond acceptors (Lipinski definition) is 12. The van der Waals surface area contributed by atoms with Gasteiger partial charge in [-0.05, 0) is 69.8 Å². The van der Waals surface area contributed by atoms with Crippen molar-refractivity contribution in [1.29, 1.82) is 0 Å². The summed E-state index contributed by atoms with van der Waals surface area (Å²) in [7, 11) is 0. The number of ether oxygens (including phenoxy) is 3. The number of anilines is 3. The number of rotatable bonds is 27. The van der Waals surface area contributed by atoms with Gasteiger partial charge in [0, 0.05) is 72.5 Å². The van der Waals surface area contributed by atoms with E-state index in [1.807, 2.05) is 36.6 Å². The third-order valence-corrected chi connectivity index (χ3v) is 11.2. The van der Waals surface area contributed by atoms with E-state index in [0.29, 0.717) is 76.5 Å². The molecule has 5 rings (SSSR count). The van der Waals surface area contributed by atoms with Crippen LogP contribution in [0.2, 0.25) is 0 Å². The second-order valence-corrected chi connectivity index (χ2v) is 15.6. The van der Waals surface area contributed by atoms with Gasteiger partial charge < -0.3 is 45.2 Å². The molecular formula is C42H59N7O7S. The van der Waals surface area contributed by atoms with Crippen LogP contribution in [0.1, 0.15) is 99.2 Å². The van der Waals surface area contributed by atoms with Gasteiger partial charge in [-0.15, -0.1) is 11.3 Å². The number of carbonyl (C=O) groups excluding carboxylic acids is 4. The minimum Gasteiger partial charge on any atom is -0.378 e. The first-order chi connectivity index (χ1) is 27.9. The zero-order valence-electron chi connectivity index (χ0n) is 33.2. The number of unbranched alkanes of at least 4 members (excludes halogenated alkanes) is 2. The molecule has 3 amide bonds. The summed E-state index contributed by atoms with van der Waals surface area (Å²) >= 11 is 1.52. The summed E-state index contributed by atoms with van der Waals surface area (Å²) in [6.07, 6.45) is 12.2. The molecule has 0 spiro atoms. The average Bonchev–Trinajstić information content (AvgIpc) is 3.86. The van der Waals surface area contributed by atoms with Gasteiger partial charge in [0.1, 0.15) is 18.8 Å². The van der Waals surface area contributed by atoms with E-state index in [0.717, 1.165) is 92.9 Å². The second kappa shape index (κ2) is 23.8. The fraction of sp³-hybridized carbons (Fsp3) is 0.571. The molecule has 57 heavy (non-hydrogen) atoms. The Labute approximate surface area is 340 Å². The molecule has 0 bridgehead atoms. The number of carbonyl (C=O) groups is 4. The van der Waals surface area contributed by atoms with Crippen molar-refractivity contribution in [3.05, 3.63) is 64.8 Å². The highest BCUT2D eigenvalue weighted by atomic mass is 32.1. The van der Waals surface area contributed by atoms with Crippen molar-refractivity contribution in [3.63, 3.8) is 0 Å². The molecule has 14 nitrogen and oxygen atoms in total. The molecule has 1 atom stereocenters. The van der Waals surface area contributed by atoms with Crippen molar-refractivity contribution < 1.29 is 33.4 Å². The average molecular weight is 806 g/mol. The van der Waals surface area contributed by atoms with Crippen molar-refractivity contribution in [2.45, 2.75) is 96.6 Å². The molecule has 1 aliphatic carbocycles. The normalized spacial score (nSPS) is 15.2. The van der Waals surface area contributed by atoms with Crippen LogP contribution in [0.3, 0.4) is 0 Å².